The lowest BCUT2D eigenvalue weighted by atomic mass is 9.87. The van der Waals surface area contributed by atoms with Crippen molar-refractivity contribution in [1.82, 2.24) is 0 Å². The second-order valence-electron chi connectivity index (χ2n) is 8.36. The minimum Gasteiger partial charge on any atom is -0.490 e. The molecule has 3 rings (SSSR count). The lowest BCUT2D eigenvalue weighted by Crippen LogP contribution is -2.18. The Bertz CT molecular complexity index is 1030. The molecule has 0 saturated heterocycles. The van der Waals surface area contributed by atoms with E-state index in [0.29, 0.717) is 22.8 Å². The average molecular weight is 449 g/mol. The summed E-state index contributed by atoms with van der Waals surface area (Å²) in [5, 5.41) is 0. The molecular weight excluding hydrogens is 420 g/mol. The van der Waals surface area contributed by atoms with Crippen molar-refractivity contribution in [2.24, 2.45) is 0 Å². The smallest absolute Gasteiger partial charge is 0.349 e. The number of carbonyl (C=O) groups is 2. The van der Waals surface area contributed by atoms with Gasteiger partial charge in [0.15, 0.2) is 6.61 Å². The largest absolute Gasteiger partial charge is 0.490 e. The molecule has 0 unspecified atom stereocenters. The summed E-state index contributed by atoms with van der Waals surface area (Å²) >= 11 is 0. The molecule has 172 valence electrons. The third-order valence-corrected chi connectivity index (χ3v) is 4.73. The number of hydrogen-bond acceptors (Lipinski definition) is 6. The van der Waals surface area contributed by atoms with Gasteiger partial charge in [0, 0.05) is 0 Å². The van der Waals surface area contributed by atoms with Gasteiger partial charge in [-0.25, -0.2) is 9.59 Å². The number of para-hydroxylation sites is 1. The first-order valence-corrected chi connectivity index (χ1v) is 10.7. The summed E-state index contributed by atoms with van der Waals surface area (Å²) < 4.78 is 21.4. The maximum Gasteiger partial charge on any atom is 0.349 e. The molecule has 0 bridgehead atoms. The van der Waals surface area contributed by atoms with Gasteiger partial charge in [-0.15, -0.1) is 0 Å². The van der Waals surface area contributed by atoms with Crippen LogP contribution in [0.1, 0.15) is 36.7 Å². The molecule has 0 N–H and O–H groups in total. The normalized spacial score (nSPS) is 10.9. The number of hydrogen-bond donors (Lipinski definition) is 0. The third kappa shape index (κ3) is 7.68. The Balaban J connectivity index is 1.40. The van der Waals surface area contributed by atoms with Crippen LogP contribution in [0.3, 0.4) is 0 Å². The average Bonchev–Trinajstić information content (AvgIpc) is 2.81. The molecule has 33 heavy (non-hydrogen) atoms. The molecule has 0 amide bonds. The van der Waals surface area contributed by atoms with Gasteiger partial charge >= 0.3 is 11.9 Å². The first-order chi connectivity index (χ1) is 15.8. The van der Waals surface area contributed by atoms with E-state index < -0.39 is 11.9 Å². The summed E-state index contributed by atoms with van der Waals surface area (Å²) in [6.07, 6.45) is 0. The second kappa shape index (κ2) is 11.2. The third-order valence-electron chi connectivity index (χ3n) is 4.73. The Hall–Kier alpha value is -3.80. The first kappa shape index (κ1) is 23.9. The van der Waals surface area contributed by atoms with Gasteiger partial charge in [0.25, 0.3) is 0 Å². The highest BCUT2D eigenvalue weighted by molar-refractivity contribution is 5.89. The number of rotatable bonds is 9. The van der Waals surface area contributed by atoms with Crippen molar-refractivity contribution in [3.63, 3.8) is 0 Å². The van der Waals surface area contributed by atoms with E-state index in [-0.39, 0.29) is 25.2 Å². The van der Waals surface area contributed by atoms with Gasteiger partial charge in [0.1, 0.15) is 30.5 Å². The van der Waals surface area contributed by atoms with Crippen LogP contribution < -0.4 is 14.2 Å². The van der Waals surface area contributed by atoms with Gasteiger partial charge in [-0.1, -0.05) is 51.1 Å². The van der Waals surface area contributed by atoms with Crippen molar-refractivity contribution >= 4 is 11.9 Å². The molecule has 3 aromatic carbocycles. The molecule has 0 spiro atoms. The molecule has 0 aromatic heterocycles. The highest BCUT2D eigenvalue weighted by Gasteiger charge is 2.14. The molecule has 6 nitrogen and oxygen atoms in total. The summed E-state index contributed by atoms with van der Waals surface area (Å²) in [4.78, 5) is 24.2. The van der Waals surface area contributed by atoms with E-state index in [1.54, 1.807) is 0 Å². The van der Waals surface area contributed by atoms with Crippen LogP contribution in [0.2, 0.25) is 0 Å². The van der Waals surface area contributed by atoms with Crippen LogP contribution >= 0.6 is 0 Å². The predicted octanol–water partition coefficient (Wildman–Crippen LogP) is 5.20. The van der Waals surface area contributed by atoms with E-state index >= 15 is 0 Å². The SMILES string of the molecule is CC(C)(C)c1ccc(OCC(=O)Oc2ccc(C(=O)OCCOc3ccccc3)cc2)cc1. The minimum absolute atomic E-state index is 0.0476. The van der Waals surface area contributed by atoms with Gasteiger partial charge in [0.2, 0.25) is 0 Å². The predicted molar refractivity (Wildman–Crippen MR) is 125 cm³/mol. The van der Waals surface area contributed by atoms with Crippen molar-refractivity contribution in [2.45, 2.75) is 26.2 Å². The topological polar surface area (TPSA) is 71.1 Å². The number of carbonyl (C=O) groups excluding carboxylic acids is 2. The number of esters is 2. The van der Waals surface area contributed by atoms with Crippen molar-refractivity contribution in [3.05, 3.63) is 90.0 Å². The summed E-state index contributed by atoms with van der Waals surface area (Å²) in [5.41, 5.74) is 1.58. The Kier molecular flexibility index (Phi) is 8.08. The van der Waals surface area contributed by atoms with Crippen molar-refractivity contribution < 1.29 is 28.5 Å². The van der Waals surface area contributed by atoms with Gasteiger partial charge in [0.05, 0.1) is 5.56 Å². The van der Waals surface area contributed by atoms with Crippen LogP contribution in [-0.2, 0) is 14.9 Å². The zero-order valence-electron chi connectivity index (χ0n) is 19.1. The van der Waals surface area contributed by atoms with Crippen molar-refractivity contribution in [3.8, 4) is 17.2 Å². The summed E-state index contributed by atoms with van der Waals surface area (Å²) in [6.45, 7) is 6.55. The fourth-order valence-corrected chi connectivity index (χ4v) is 2.91. The van der Waals surface area contributed by atoms with Crippen LogP contribution in [0.4, 0.5) is 0 Å². The molecule has 6 heteroatoms. The van der Waals surface area contributed by atoms with E-state index in [0.717, 1.165) is 0 Å². The Morgan fingerprint density at radius 1 is 0.697 bits per heavy atom. The molecule has 0 atom stereocenters. The summed E-state index contributed by atoms with van der Waals surface area (Å²) in [7, 11) is 0. The molecule has 3 aromatic rings. The minimum atomic E-state index is -0.539. The number of benzene rings is 3. The first-order valence-electron chi connectivity index (χ1n) is 10.7. The van der Waals surface area contributed by atoms with E-state index in [1.165, 1.54) is 29.8 Å². The van der Waals surface area contributed by atoms with Crippen LogP contribution in [-0.4, -0.2) is 31.8 Å². The molecule has 0 aliphatic rings. The summed E-state index contributed by atoms with van der Waals surface area (Å²) in [5.74, 6) is 0.602. The van der Waals surface area contributed by atoms with Crippen molar-refractivity contribution in [2.75, 3.05) is 19.8 Å². The fourth-order valence-electron chi connectivity index (χ4n) is 2.91. The van der Waals surface area contributed by atoms with Crippen LogP contribution in [0.5, 0.6) is 17.2 Å². The molecule has 0 fully saturated rings. The lowest BCUT2D eigenvalue weighted by molar-refractivity contribution is -0.136. The maximum absolute atomic E-state index is 12.1. The molecule has 0 saturated carbocycles. The highest BCUT2D eigenvalue weighted by atomic mass is 16.6. The Morgan fingerprint density at radius 2 is 1.30 bits per heavy atom. The van der Waals surface area contributed by atoms with Crippen molar-refractivity contribution in [1.29, 1.82) is 0 Å². The molecule has 0 heterocycles. The van der Waals surface area contributed by atoms with E-state index in [2.05, 4.69) is 20.8 Å². The van der Waals surface area contributed by atoms with Gasteiger partial charge < -0.3 is 18.9 Å². The Morgan fingerprint density at radius 3 is 1.94 bits per heavy atom. The highest BCUT2D eigenvalue weighted by Crippen LogP contribution is 2.24. The van der Waals surface area contributed by atoms with E-state index in [9.17, 15) is 9.59 Å². The van der Waals surface area contributed by atoms with Crippen LogP contribution in [0.25, 0.3) is 0 Å². The second-order valence-corrected chi connectivity index (χ2v) is 8.36. The monoisotopic (exact) mass is 448 g/mol. The standard InChI is InChI=1S/C27H28O6/c1-27(2,3)21-11-15-23(16-12-21)32-19-25(28)33-24-13-9-20(10-14-24)26(29)31-18-17-30-22-7-5-4-6-8-22/h4-16H,17-19H2,1-3H3. The lowest BCUT2D eigenvalue weighted by Gasteiger charge is -2.19. The van der Waals surface area contributed by atoms with Crippen LogP contribution in [0, 0.1) is 0 Å². The van der Waals surface area contributed by atoms with Gasteiger partial charge in [-0.3, -0.25) is 0 Å². The Labute approximate surface area is 194 Å². The molecule has 0 radical (unpaired) electrons. The quantitative estimate of drug-likeness (QED) is 0.254. The molecular formula is C27H28O6. The summed E-state index contributed by atoms with van der Waals surface area (Å²) in [6, 6.07) is 23.1. The molecule has 0 aliphatic carbocycles. The van der Waals surface area contributed by atoms with Gasteiger partial charge in [-0.05, 0) is 59.5 Å². The fraction of sp³-hybridized carbons (Fsp3) is 0.259. The zero-order valence-corrected chi connectivity index (χ0v) is 19.1. The zero-order chi connectivity index (χ0) is 23.7. The van der Waals surface area contributed by atoms with Gasteiger partial charge in [-0.2, -0.15) is 0 Å². The van der Waals surface area contributed by atoms with E-state index in [4.69, 9.17) is 18.9 Å². The number of ether oxygens (including phenoxy) is 4. The maximum atomic E-state index is 12.1. The van der Waals surface area contributed by atoms with E-state index in [1.807, 2.05) is 54.6 Å². The molecule has 0 aliphatic heterocycles. The van der Waals surface area contributed by atoms with Crippen LogP contribution in [0.15, 0.2) is 78.9 Å².